The highest BCUT2D eigenvalue weighted by Crippen LogP contribution is 2.31. The van der Waals surface area contributed by atoms with Crippen LogP contribution >= 0.6 is 0 Å². The number of amides is 1. The van der Waals surface area contributed by atoms with Crippen LogP contribution in [0.25, 0.3) is 0 Å². The number of benzene rings is 2. The van der Waals surface area contributed by atoms with Crippen LogP contribution in [0, 0.1) is 5.92 Å². The third-order valence-corrected chi connectivity index (χ3v) is 5.66. The zero-order valence-corrected chi connectivity index (χ0v) is 15.4. The first-order chi connectivity index (χ1) is 12.7. The highest BCUT2D eigenvalue weighted by Gasteiger charge is 2.32. The normalized spacial score (nSPS) is 18.0. The maximum absolute atomic E-state index is 13.0. The molecule has 2 aromatic rings. The number of carbonyl (C=O) groups is 1. The fraction of sp³-hybridized carbons (Fsp3) is 0.409. The summed E-state index contributed by atoms with van der Waals surface area (Å²) in [6.07, 6.45) is 2.89. The first-order valence-electron chi connectivity index (χ1n) is 9.49. The summed E-state index contributed by atoms with van der Waals surface area (Å²) < 4.78 is 5.22. The summed E-state index contributed by atoms with van der Waals surface area (Å²) in [6.45, 7) is 3.75. The second kappa shape index (κ2) is 7.50. The first-order valence-corrected chi connectivity index (χ1v) is 9.49. The molecule has 1 amide bonds. The summed E-state index contributed by atoms with van der Waals surface area (Å²) in [7, 11) is 1.69. The van der Waals surface area contributed by atoms with Crippen LogP contribution in [-0.2, 0) is 17.8 Å². The van der Waals surface area contributed by atoms with E-state index in [0.29, 0.717) is 5.91 Å². The number of hydrogen-bond acceptors (Lipinski definition) is 3. The number of carbonyl (C=O) groups excluding carboxylic acids is 1. The highest BCUT2D eigenvalue weighted by molar-refractivity contribution is 5.97. The lowest BCUT2D eigenvalue weighted by Crippen LogP contribution is -2.41. The molecule has 0 unspecified atom stereocenters. The van der Waals surface area contributed by atoms with Gasteiger partial charge in [-0.3, -0.25) is 9.69 Å². The monoisotopic (exact) mass is 350 g/mol. The van der Waals surface area contributed by atoms with Crippen molar-refractivity contribution in [1.82, 2.24) is 4.90 Å². The van der Waals surface area contributed by atoms with Crippen molar-refractivity contribution >= 4 is 11.6 Å². The van der Waals surface area contributed by atoms with E-state index in [4.69, 9.17) is 4.74 Å². The lowest BCUT2D eigenvalue weighted by atomic mass is 9.95. The minimum atomic E-state index is 0.160. The number of methoxy groups -OCH3 is 1. The molecule has 0 bridgehead atoms. The van der Waals surface area contributed by atoms with E-state index >= 15 is 0 Å². The minimum Gasteiger partial charge on any atom is -0.497 e. The molecule has 0 aromatic heterocycles. The average molecular weight is 350 g/mol. The number of anilines is 1. The van der Waals surface area contributed by atoms with E-state index in [-0.39, 0.29) is 5.92 Å². The largest absolute Gasteiger partial charge is 0.497 e. The zero-order chi connectivity index (χ0) is 17.9. The van der Waals surface area contributed by atoms with Gasteiger partial charge in [0, 0.05) is 24.7 Å². The van der Waals surface area contributed by atoms with Gasteiger partial charge in [-0.05, 0) is 61.7 Å². The van der Waals surface area contributed by atoms with Crippen molar-refractivity contribution in [1.29, 1.82) is 0 Å². The summed E-state index contributed by atoms with van der Waals surface area (Å²) in [5.74, 6) is 1.37. The van der Waals surface area contributed by atoms with E-state index in [1.54, 1.807) is 7.11 Å². The molecular formula is C22H26N2O2. The van der Waals surface area contributed by atoms with Crippen LogP contribution in [0.4, 0.5) is 5.69 Å². The summed E-state index contributed by atoms with van der Waals surface area (Å²) in [4.78, 5) is 17.5. The standard InChI is InChI=1S/C22H26N2O2/c1-26-20-8-6-17(7-9-20)16-23-13-10-19(11-14-23)22(25)24-15-12-18-4-2-3-5-21(18)24/h2-9,19H,10-16H2,1H3. The molecule has 0 N–H and O–H groups in total. The van der Waals surface area contributed by atoms with Crippen molar-refractivity contribution in [3.63, 3.8) is 0 Å². The second-order valence-corrected chi connectivity index (χ2v) is 7.27. The van der Waals surface area contributed by atoms with E-state index in [2.05, 4.69) is 35.2 Å². The maximum atomic E-state index is 13.0. The molecule has 0 saturated carbocycles. The Morgan fingerprint density at radius 1 is 1.04 bits per heavy atom. The molecule has 2 aliphatic heterocycles. The third kappa shape index (κ3) is 3.47. The molecule has 1 saturated heterocycles. The van der Waals surface area contributed by atoms with Crippen molar-refractivity contribution in [3.05, 3.63) is 59.7 Å². The molecule has 136 valence electrons. The predicted octanol–water partition coefficient (Wildman–Crippen LogP) is 3.50. The van der Waals surface area contributed by atoms with E-state index in [1.807, 2.05) is 23.1 Å². The van der Waals surface area contributed by atoms with Gasteiger partial charge >= 0.3 is 0 Å². The van der Waals surface area contributed by atoms with Gasteiger partial charge in [0.2, 0.25) is 5.91 Å². The van der Waals surface area contributed by atoms with Crippen molar-refractivity contribution < 1.29 is 9.53 Å². The molecule has 1 fully saturated rings. The Balaban J connectivity index is 1.33. The quantitative estimate of drug-likeness (QED) is 0.846. The topological polar surface area (TPSA) is 32.8 Å². The van der Waals surface area contributed by atoms with Crippen LogP contribution < -0.4 is 9.64 Å². The number of nitrogens with zero attached hydrogens (tertiary/aromatic N) is 2. The lowest BCUT2D eigenvalue weighted by Gasteiger charge is -2.33. The van der Waals surface area contributed by atoms with Gasteiger partial charge in [0.15, 0.2) is 0 Å². The number of piperidine rings is 1. The molecule has 2 heterocycles. The summed E-state index contributed by atoms with van der Waals surface area (Å²) >= 11 is 0. The van der Waals surface area contributed by atoms with Crippen molar-refractivity contribution in [2.45, 2.75) is 25.8 Å². The molecule has 0 spiro atoms. The second-order valence-electron chi connectivity index (χ2n) is 7.27. The van der Waals surface area contributed by atoms with Gasteiger partial charge < -0.3 is 9.64 Å². The predicted molar refractivity (Wildman–Crippen MR) is 103 cm³/mol. The molecule has 4 heteroatoms. The Bertz CT molecular complexity index is 764. The summed E-state index contributed by atoms with van der Waals surface area (Å²) in [5.41, 5.74) is 3.72. The van der Waals surface area contributed by atoms with Crippen molar-refractivity contribution in [2.24, 2.45) is 5.92 Å². The highest BCUT2D eigenvalue weighted by atomic mass is 16.5. The Kier molecular flexibility index (Phi) is 4.93. The summed E-state index contributed by atoms with van der Waals surface area (Å²) in [5, 5.41) is 0. The van der Waals surface area contributed by atoms with Gasteiger partial charge in [0.1, 0.15) is 5.75 Å². The Hall–Kier alpha value is -2.33. The van der Waals surface area contributed by atoms with E-state index in [0.717, 1.165) is 56.9 Å². The molecule has 0 aliphatic carbocycles. The number of rotatable bonds is 4. The lowest BCUT2D eigenvalue weighted by molar-refractivity contribution is -0.123. The number of hydrogen-bond donors (Lipinski definition) is 0. The van der Waals surface area contributed by atoms with Gasteiger partial charge in [0.25, 0.3) is 0 Å². The molecule has 26 heavy (non-hydrogen) atoms. The first kappa shape index (κ1) is 17.1. The fourth-order valence-corrected chi connectivity index (χ4v) is 4.11. The Morgan fingerprint density at radius 3 is 2.50 bits per heavy atom. The number of fused-ring (bicyclic) bond motifs is 1. The van der Waals surface area contributed by atoms with Crippen molar-refractivity contribution in [2.75, 3.05) is 31.6 Å². The molecule has 0 radical (unpaired) electrons. The van der Waals surface area contributed by atoms with Crippen LogP contribution in [0.2, 0.25) is 0 Å². The van der Waals surface area contributed by atoms with Crippen LogP contribution in [0.1, 0.15) is 24.0 Å². The van der Waals surface area contributed by atoms with Crippen molar-refractivity contribution in [3.8, 4) is 5.75 Å². The molecule has 2 aliphatic rings. The SMILES string of the molecule is COc1ccc(CN2CCC(C(=O)N3CCc4ccccc43)CC2)cc1. The van der Waals surface area contributed by atoms with Gasteiger partial charge in [-0.25, -0.2) is 0 Å². The van der Waals surface area contributed by atoms with Gasteiger partial charge in [0.05, 0.1) is 7.11 Å². The number of likely N-dealkylation sites (tertiary alicyclic amines) is 1. The van der Waals surface area contributed by atoms with Gasteiger partial charge in [-0.1, -0.05) is 30.3 Å². The third-order valence-electron chi connectivity index (χ3n) is 5.66. The molecular weight excluding hydrogens is 324 g/mol. The smallest absolute Gasteiger partial charge is 0.230 e. The zero-order valence-electron chi connectivity index (χ0n) is 15.4. The average Bonchev–Trinajstić information content (AvgIpc) is 3.13. The minimum absolute atomic E-state index is 0.160. The van der Waals surface area contributed by atoms with Crippen LogP contribution in [0.3, 0.4) is 0 Å². The van der Waals surface area contributed by atoms with E-state index in [1.165, 1.54) is 11.1 Å². The molecule has 4 nitrogen and oxygen atoms in total. The Labute approximate surface area is 155 Å². The van der Waals surface area contributed by atoms with E-state index < -0.39 is 0 Å². The van der Waals surface area contributed by atoms with E-state index in [9.17, 15) is 4.79 Å². The molecule has 4 rings (SSSR count). The Morgan fingerprint density at radius 2 is 1.77 bits per heavy atom. The molecule has 0 atom stereocenters. The summed E-state index contributed by atoms with van der Waals surface area (Å²) in [6, 6.07) is 16.6. The van der Waals surface area contributed by atoms with Crippen LogP contribution in [-0.4, -0.2) is 37.6 Å². The number of para-hydroxylation sites is 1. The number of ether oxygens (including phenoxy) is 1. The fourth-order valence-electron chi connectivity index (χ4n) is 4.11. The molecule has 2 aromatic carbocycles. The van der Waals surface area contributed by atoms with Crippen LogP contribution in [0.5, 0.6) is 5.75 Å². The van der Waals surface area contributed by atoms with Crippen LogP contribution in [0.15, 0.2) is 48.5 Å². The van der Waals surface area contributed by atoms with Gasteiger partial charge in [-0.15, -0.1) is 0 Å². The maximum Gasteiger partial charge on any atom is 0.230 e. The van der Waals surface area contributed by atoms with Gasteiger partial charge in [-0.2, -0.15) is 0 Å².